The normalized spacial score (nSPS) is 15.9. The molecule has 0 bridgehead atoms. The van der Waals surface area contributed by atoms with E-state index in [0.29, 0.717) is 32.8 Å². The summed E-state index contributed by atoms with van der Waals surface area (Å²) in [6.07, 6.45) is 3.59. The highest BCUT2D eigenvalue weighted by atomic mass is 19.3. The fraction of sp³-hybridized carbons (Fsp3) is 0.571. The molecule has 1 atom stereocenters. The number of aliphatic hydroxyl groups excluding tert-OH is 1. The maximum Gasteiger partial charge on any atom is 0.273 e. The zero-order chi connectivity index (χ0) is 25.2. The summed E-state index contributed by atoms with van der Waals surface area (Å²) in [5.41, 5.74) is 1.87. The molecule has 0 radical (unpaired) electrons. The summed E-state index contributed by atoms with van der Waals surface area (Å²) in [5.74, 6) is -2.62. The van der Waals surface area contributed by atoms with Crippen molar-refractivity contribution in [2.24, 2.45) is 0 Å². The summed E-state index contributed by atoms with van der Waals surface area (Å²) >= 11 is 0. The first-order chi connectivity index (χ1) is 16.8. The van der Waals surface area contributed by atoms with E-state index in [2.05, 4.69) is 5.32 Å². The second-order valence-electron chi connectivity index (χ2n) is 9.58. The van der Waals surface area contributed by atoms with Crippen LogP contribution in [0.2, 0.25) is 0 Å². The van der Waals surface area contributed by atoms with Gasteiger partial charge >= 0.3 is 0 Å². The van der Waals surface area contributed by atoms with Crippen LogP contribution < -0.4 is 10.1 Å². The Labute approximate surface area is 207 Å². The van der Waals surface area contributed by atoms with E-state index >= 15 is 0 Å². The summed E-state index contributed by atoms with van der Waals surface area (Å²) in [4.78, 5) is 0. The SMILES string of the molecule is CC1(C)OCc2cc([C@@H](O)CNCCCCCCOCCCC(F)(F)c3ccccc3)ccc2O1. The molecule has 0 fully saturated rings. The van der Waals surface area contributed by atoms with Gasteiger partial charge in [0.1, 0.15) is 5.75 Å². The zero-order valence-electron chi connectivity index (χ0n) is 20.9. The van der Waals surface area contributed by atoms with Gasteiger partial charge in [-0.05, 0) is 43.5 Å². The lowest BCUT2D eigenvalue weighted by molar-refractivity contribution is -0.180. The summed E-state index contributed by atoms with van der Waals surface area (Å²) < 4.78 is 45.2. The van der Waals surface area contributed by atoms with Gasteiger partial charge in [-0.1, -0.05) is 49.2 Å². The minimum Gasteiger partial charge on any atom is -0.463 e. The first-order valence-electron chi connectivity index (χ1n) is 12.6. The Morgan fingerprint density at radius 1 is 1.03 bits per heavy atom. The van der Waals surface area contributed by atoms with Gasteiger partial charge in [-0.3, -0.25) is 0 Å². The molecule has 0 saturated heterocycles. The van der Waals surface area contributed by atoms with Crippen molar-refractivity contribution in [1.29, 1.82) is 0 Å². The molecule has 3 rings (SSSR count). The molecule has 1 aliphatic rings. The van der Waals surface area contributed by atoms with Gasteiger partial charge in [-0.25, -0.2) is 8.78 Å². The van der Waals surface area contributed by atoms with E-state index in [9.17, 15) is 13.9 Å². The van der Waals surface area contributed by atoms with Crippen molar-refractivity contribution in [3.05, 3.63) is 65.2 Å². The van der Waals surface area contributed by atoms with Crippen LogP contribution in [-0.2, 0) is 22.0 Å². The number of aliphatic hydroxyl groups is 1. The fourth-order valence-corrected chi connectivity index (χ4v) is 4.05. The van der Waals surface area contributed by atoms with E-state index in [1.807, 2.05) is 32.0 Å². The molecular weight excluding hydrogens is 452 g/mol. The van der Waals surface area contributed by atoms with Crippen LogP contribution in [0.1, 0.15) is 75.2 Å². The molecule has 0 saturated carbocycles. The first kappa shape index (κ1) is 27.5. The standard InChI is InChI=1S/C28H39F2NO4/c1-27(2)34-21-23-19-22(13-14-26(23)35-27)25(32)20-31-16-8-3-4-9-17-33-18-10-15-28(29,30)24-11-6-5-7-12-24/h5-7,11-14,19,25,31-32H,3-4,8-10,15-18,20-21H2,1-2H3/t25-/m0/s1. The Morgan fingerprint density at radius 2 is 1.77 bits per heavy atom. The van der Waals surface area contributed by atoms with Crippen LogP contribution in [0.15, 0.2) is 48.5 Å². The predicted octanol–water partition coefficient (Wildman–Crippen LogP) is 6.10. The van der Waals surface area contributed by atoms with Gasteiger partial charge in [0.15, 0.2) is 0 Å². The Kier molecular flexibility index (Phi) is 10.5. The maximum absolute atomic E-state index is 14.1. The third-order valence-corrected chi connectivity index (χ3v) is 6.11. The van der Waals surface area contributed by atoms with E-state index in [4.69, 9.17) is 14.2 Å². The van der Waals surface area contributed by atoms with Crippen LogP contribution in [0.3, 0.4) is 0 Å². The minimum atomic E-state index is -2.80. The van der Waals surface area contributed by atoms with Gasteiger partial charge in [-0.2, -0.15) is 0 Å². The summed E-state index contributed by atoms with van der Waals surface area (Å²) in [6, 6.07) is 13.7. The Bertz CT molecular complexity index is 892. The van der Waals surface area contributed by atoms with Gasteiger partial charge < -0.3 is 24.6 Å². The molecule has 0 amide bonds. The van der Waals surface area contributed by atoms with E-state index < -0.39 is 17.8 Å². The summed E-state index contributed by atoms with van der Waals surface area (Å²) in [7, 11) is 0. The van der Waals surface area contributed by atoms with Gasteiger partial charge in [-0.15, -0.1) is 0 Å². The largest absolute Gasteiger partial charge is 0.463 e. The van der Waals surface area contributed by atoms with Crippen molar-refractivity contribution in [3.8, 4) is 5.75 Å². The molecule has 2 N–H and O–H groups in total. The maximum atomic E-state index is 14.1. The number of hydrogen-bond acceptors (Lipinski definition) is 5. The number of unbranched alkanes of at least 4 members (excludes halogenated alkanes) is 3. The lowest BCUT2D eigenvalue weighted by Crippen LogP contribution is -2.35. The third kappa shape index (κ3) is 9.15. The molecule has 1 heterocycles. The molecule has 35 heavy (non-hydrogen) atoms. The van der Waals surface area contributed by atoms with Crippen molar-refractivity contribution < 1.29 is 28.1 Å². The topological polar surface area (TPSA) is 60.0 Å². The van der Waals surface area contributed by atoms with Crippen LogP contribution in [0, 0.1) is 0 Å². The highest BCUT2D eigenvalue weighted by Crippen LogP contribution is 2.33. The lowest BCUT2D eigenvalue weighted by Gasteiger charge is -2.33. The van der Waals surface area contributed by atoms with Gasteiger partial charge in [0, 0.05) is 51.2 Å². The molecule has 0 unspecified atom stereocenters. The van der Waals surface area contributed by atoms with Crippen molar-refractivity contribution in [1.82, 2.24) is 5.32 Å². The van der Waals surface area contributed by atoms with Crippen LogP contribution >= 0.6 is 0 Å². The van der Waals surface area contributed by atoms with Gasteiger partial charge in [0.05, 0.1) is 12.7 Å². The predicted molar refractivity (Wildman–Crippen MR) is 133 cm³/mol. The first-order valence-corrected chi connectivity index (χ1v) is 12.6. The number of hydrogen-bond donors (Lipinski definition) is 2. The van der Waals surface area contributed by atoms with E-state index in [1.54, 1.807) is 18.2 Å². The highest BCUT2D eigenvalue weighted by molar-refractivity contribution is 5.39. The third-order valence-electron chi connectivity index (χ3n) is 6.11. The smallest absolute Gasteiger partial charge is 0.273 e. The zero-order valence-corrected chi connectivity index (χ0v) is 20.9. The Hall–Kier alpha value is -2.06. The highest BCUT2D eigenvalue weighted by Gasteiger charge is 2.30. The van der Waals surface area contributed by atoms with E-state index in [1.165, 1.54) is 12.1 Å². The minimum absolute atomic E-state index is 0.0668. The number of ether oxygens (including phenoxy) is 3. The van der Waals surface area contributed by atoms with Crippen molar-refractivity contribution in [2.45, 2.75) is 76.8 Å². The van der Waals surface area contributed by atoms with Crippen LogP contribution in [-0.4, -0.2) is 37.2 Å². The van der Waals surface area contributed by atoms with Crippen molar-refractivity contribution >= 4 is 0 Å². The number of rotatable bonds is 15. The second-order valence-corrected chi connectivity index (χ2v) is 9.58. The molecule has 2 aromatic carbocycles. The quantitative estimate of drug-likeness (QED) is 0.295. The van der Waals surface area contributed by atoms with Gasteiger partial charge in [0.25, 0.3) is 5.92 Å². The molecule has 5 nitrogen and oxygen atoms in total. The molecule has 7 heteroatoms. The van der Waals surface area contributed by atoms with Crippen LogP contribution in [0.25, 0.3) is 0 Å². The lowest BCUT2D eigenvalue weighted by atomic mass is 10.0. The Balaban J connectivity index is 1.17. The number of halogens is 2. The number of benzene rings is 2. The van der Waals surface area contributed by atoms with E-state index in [0.717, 1.165) is 49.1 Å². The van der Waals surface area contributed by atoms with Crippen LogP contribution in [0.5, 0.6) is 5.75 Å². The molecule has 194 valence electrons. The molecule has 2 aromatic rings. The fourth-order valence-electron chi connectivity index (χ4n) is 4.05. The monoisotopic (exact) mass is 491 g/mol. The van der Waals surface area contributed by atoms with E-state index in [-0.39, 0.29) is 12.0 Å². The average Bonchev–Trinajstić information content (AvgIpc) is 2.84. The molecule has 1 aliphatic heterocycles. The second kappa shape index (κ2) is 13.3. The number of fused-ring (bicyclic) bond motifs is 1. The number of alkyl halides is 2. The van der Waals surface area contributed by atoms with Crippen LogP contribution in [0.4, 0.5) is 8.78 Å². The molecule has 0 spiro atoms. The molecule has 0 aliphatic carbocycles. The molecule has 0 aromatic heterocycles. The van der Waals surface area contributed by atoms with Crippen molar-refractivity contribution in [3.63, 3.8) is 0 Å². The number of nitrogens with one attached hydrogen (secondary N) is 1. The average molecular weight is 492 g/mol. The Morgan fingerprint density at radius 3 is 2.57 bits per heavy atom. The summed E-state index contributed by atoms with van der Waals surface area (Å²) in [6.45, 7) is 6.52. The van der Waals surface area contributed by atoms with Crippen molar-refractivity contribution in [2.75, 3.05) is 26.3 Å². The molecular formula is C28H39F2NO4. The van der Waals surface area contributed by atoms with Gasteiger partial charge in [0.2, 0.25) is 5.79 Å². The summed E-state index contributed by atoms with van der Waals surface area (Å²) in [5, 5.41) is 13.8.